The Morgan fingerprint density at radius 3 is 2.94 bits per heavy atom. The van der Waals surface area contributed by atoms with E-state index in [2.05, 4.69) is 20.5 Å². The quantitative estimate of drug-likeness (QED) is 0.781. The Balaban J connectivity index is 1.95. The molecule has 0 bridgehead atoms. The molecule has 1 atom stereocenters. The maximum atomic E-state index is 11.8. The van der Waals surface area contributed by atoms with Gasteiger partial charge in [-0.1, -0.05) is 6.92 Å². The van der Waals surface area contributed by atoms with Crippen molar-refractivity contribution >= 4 is 15.7 Å². The number of nitrogens with one attached hydrogen (secondary N) is 2. The largest absolute Gasteiger partial charge is 0.345 e. The zero-order chi connectivity index (χ0) is 13.2. The highest BCUT2D eigenvalue weighted by atomic mass is 32.2. The van der Waals surface area contributed by atoms with E-state index in [-0.39, 0.29) is 23.4 Å². The lowest BCUT2D eigenvalue weighted by Crippen LogP contribution is -2.36. The van der Waals surface area contributed by atoms with Crippen LogP contribution in [-0.4, -0.2) is 47.1 Å². The Labute approximate surface area is 105 Å². The van der Waals surface area contributed by atoms with Crippen LogP contribution in [0.5, 0.6) is 0 Å². The molecule has 0 radical (unpaired) electrons. The van der Waals surface area contributed by atoms with Gasteiger partial charge in [-0.3, -0.25) is 9.89 Å². The molecule has 0 saturated carbocycles. The number of hydrogen-bond donors (Lipinski definition) is 2. The van der Waals surface area contributed by atoms with Gasteiger partial charge in [0.25, 0.3) is 5.91 Å². The Hall–Kier alpha value is -1.44. The fourth-order valence-electron chi connectivity index (χ4n) is 1.90. The van der Waals surface area contributed by atoms with E-state index in [0.717, 1.165) is 12.8 Å². The summed E-state index contributed by atoms with van der Waals surface area (Å²) in [5, 5.41) is 9.15. The normalized spacial score (nSPS) is 21.9. The van der Waals surface area contributed by atoms with Crippen molar-refractivity contribution in [1.29, 1.82) is 0 Å². The van der Waals surface area contributed by atoms with E-state index in [0.29, 0.717) is 12.2 Å². The number of carbonyl (C=O) groups is 1. The maximum absolute atomic E-state index is 11.8. The van der Waals surface area contributed by atoms with E-state index in [1.54, 1.807) is 0 Å². The number of aromatic nitrogens is 3. The van der Waals surface area contributed by atoms with Crippen molar-refractivity contribution in [1.82, 2.24) is 20.5 Å². The Bertz CT molecular complexity index is 537. The molecule has 1 aliphatic heterocycles. The number of amides is 1. The minimum Gasteiger partial charge on any atom is -0.345 e. The third-order valence-corrected chi connectivity index (χ3v) is 4.56. The average molecular weight is 272 g/mol. The van der Waals surface area contributed by atoms with Crippen molar-refractivity contribution in [2.24, 2.45) is 0 Å². The highest BCUT2D eigenvalue weighted by Crippen LogP contribution is 2.11. The predicted octanol–water partition coefficient (Wildman–Crippen LogP) is -0.326. The number of nitrogens with zero attached hydrogens (tertiary/aromatic N) is 2. The molecule has 0 aliphatic carbocycles. The summed E-state index contributed by atoms with van der Waals surface area (Å²) in [6, 6.07) is -0.323. The summed E-state index contributed by atoms with van der Waals surface area (Å²) in [5.74, 6) is 0.456. The molecule has 1 amide bonds. The van der Waals surface area contributed by atoms with Crippen molar-refractivity contribution in [2.45, 2.75) is 32.2 Å². The number of sulfone groups is 1. The molecular weight excluding hydrogens is 256 g/mol. The lowest BCUT2D eigenvalue weighted by Gasteiger charge is -2.07. The van der Waals surface area contributed by atoms with E-state index in [1.165, 1.54) is 0 Å². The monoisotopic (exact) mass is 272 g/mol. The minimum atomic E-state index is -2.99. The van der Waals surface area contributed by atoms with Gasteiger partial charge in [-0.05, 0) is 12.8 Å². The number of carbonyl (C=O) groups excluding carboxylic acids is 1. The van der Waals surface area contributed by atoms with E-state index in [4.69, 9.17) is 0 Å². The average Bonchev–Trinajstić information content (AvgIpc) is 2.86. The predicted molar refractivity (Wildman–Crippen MR) is 64.9 cm³/mol. The third-order valence-electron chi connectivity index (χ3n) is 2.79. The Kier molecular flexibility index (Phi) is 3.65. The van der Waals surface area contributed by atoms with Crippen LogP contribution in [0.4, 0.5) is 0 Å². The summed E-state index contributed by atoms with van der Waals surface area (Å²) in [6.45, 7) is 2.01. The lowest BCUT2D eigenvalue weighted by atomic mass is 10.2. The fraction of sp³-hybridized carbons (Fsp3) is 0.700. The van der Waals surface area contributed by atoms with Gasteiger partial charge >= 0.3 is 0 Å². The summed E-state index contributed by atoms with van der Waals surface area (Å²) in [7, 11) is -2.99. The first kappa shape index (κ1) is 13.0. The van der Waals surface area contributed by atoms with E-state index in [1.807, 2.05) is 6.92 Å². The molecule has 100 valence electrons. The van der Waals surface area contributed by atoms with Crippen LogP contribution in [0.15, 0.2) is 0 Å². The van der Waals surface area contributed by atoms with Gasteiger partial charge in [0.05, 0.1) is 11.5 Å². The Morgan fingerprint density at radius 1 is 1.56 bits per heavy atom. The molecule has 7 nitrogen and oxygen atoms in total. The summed E-state index contributed by atoms with van der Waals surface area (Å²) < 4.78 is 22.5. The van der Waals surface area contributed by atoms with Crippen LogP contribution in [0, 0.1) is 0 Å². The van der Waals surface area contributed by atoms with Crippen LogP contribution in [0.25, 0.3) is 0 Å². The van der Waals surface area contributed by atoms with Crippen LogP contribution >= 0.6 is 0 Å². The van der Waals surface area contributed by atoms with E-state index in [9.17, 15) is 13.2 Å². The van der Waals surface area contributed by atoms with Gasteiger partial charge in [0.1, 0.15) is 5.82 Å². The fourth-order valence-corrected chi connectivity index (χ4v) is 3.58. The second-order valence-electron chi connectivity index (χ2n) is 4.43. The van der Waals surface area contributed by atoms with Crippen molar-refractivity contribution in [2.75, 3.05) is 11.5 Å². The van der Waals surface area contributed by atoms with Gasteiger partial charge in [0.2, 0.25) is 5.82 Å². The standard InChI is InChI=1S/C10H16N4O3S/c1-2-3-8-12-9(14-13-8)10(15)11-7-4-5-18(16,17)6-7/h7H,2-6H2,1H3,(H,11,15)(H,12,13,14). The van der Waals surface area contributed by atoms with Gasteiger partial charge < -0.3 is 5.32 Å². The molecule has 1 aromatic rings. The molecule has 1 aromatic heterocycles. The van der Waals surface area contributed by atoms with Crippen LogP contribution in [0.2, 0.25) is 0 Å². The maximum Gasteiger partial charge on any atom is 0.291 e. The third kappa shape index (κ3) is 3.06. The van der Waals surface area contributed by atoms with Gasteiger partial charge in [-0.2, -0.15) is 0 Å². The molecule has 2 N–H and O–H groups in total. The van der Waals surface area contributed by atoms with Crippen molar-refractivity contribution in [3.8, 4) is 0 Å². The number of H-pyrrole nitrogens is 1. The molecule has 1 saturated heterocycles. The lowest BCUT2D eigenvalue weighted by molar-refractivity contribution is 0.0931. The number of aromatic amines is 1. The molecule has 1 fully saturated rings. The SMILES string of the molecule is CCCc1nc(C(=O)NC2CCS(=O)(=O)C2)n[nH]1. The summed E-state index contributed by atoms with van der Waals surface area (Å²) in [5.41, 5.74) is 0. The first-order valence-electron chi connectivity index (χ1n) is 5.93. The Morgan fingerprint density at radius 2 is 2.33 bits per heavy atom. The van der Waals surface area contributed by atoms with Crippen molar-refractivity contribution in [3.63, 3.8) is 0 Å². The van der Waals surface area contributed by atoms with Crippen LogP contribution in [-0.2, 0) is 16.3 Å². The minimum absolute atomic E-state index is 0.00494. The molecular formula is C10H16N4O3S. The summed E-state index contributed by atoms with van der Waals surface area (Å²) in [6.07, 6.45) is 2.11. The molecule has 18 heavy (non-hydrogen) atoms. The van der Waals surface area contributed by atoms with E-state index >= 15 is 0 Å². The first-order chi connectivity index (χ1) is 8.50. The van der Waals surface area contributed by atoms with Gasteiger partial charge in [-0.25, -0.2) is 13.4 Å². The first-order valence-corrected chi connectivity index (χ1v) is 7.75. The molecule has 2 rings (SSSR count). The van der Waals surface area contributed by atoms with Gasteiger partial charge in [-0.15, -0.1) is 5.10 Å². The highest BCUT2D eigenvalue weighted by molar-refractivity contribution is 7.91. The summed E-state index contributed by atoms with van der Waals surface area (Å²) >= 11 is 0. The van der Waals surface area contributed by atoms with Crippen molar-refractivity contribution < 1.29 is 13.2 Å². The van der Waals surface area contributed by atoms with Crippen LogP contribution in [0.3, 0.4) is 0 Å². The summed E-state index contributed by atoms with van der Waals surface area (Å²) in [4.78, 5) is 15.8. The highest BCUT2D eigenvalue weighted by Gasteiger charge is 2.29. The van der Waals surface area contributed by atoms with Crippen LogP contribution < -0.4 is 5.32 Å². The molecule has 1 aliphatic rings. The van der Waals surface area contributed by atoms with Crippen molar-refractivity contribution in [3.05, 3.63) is 11.6 Å². The second-order valence-corrected chi connectivity index (χ2v) is 6.66. The molecule has 0 aromatic carbocycles. The number of rotatable bonds is 4. The van der Waals surface area contributed by atoms with Gasteiger partial charge in [0.15, 0.2) is 9.84 Å². The van der Waals surface area contributed by atoms with E-state index < -0.39 is 15.7 Å². The zero-order valence-corrected chi connectivity index (χ0v) is 11.0. The number of aryl methyl sites for hydroxylation is 1. The molecule has 1 unspecified atom stereocenters. The molecule has 0 spiro atoms. The number of hydrogen-bond acceptors (Lipinski definition) is 5. The topological polar surface area (TPSA) is 105 Å². The van der Waals surface area contributed by atoms with Crippen LogP contribution in [0.1, 0.15) is 36.2 Å². The zero-order valence-electron chi connectivity index (χ0n) is 10.1. The molecule has 2 heterocycles. The second kappa shape index (κ2) is 5.05. The van der Waals surface area contributed by atoms with Gasteiger partial charge in [0, 0.05) is 12.5 Å². The molecule has 8 heteroatoms. The smallest absolute Gasteiger partial charge is 0.291 e.